The Hall–Kier alpha value is -1.65. The third-order valence-corrected chi connectivity index (χ3v) is 4.28. The normalized spacial score (nSPS) is 13.5. The van der Waals surface area contributed by atoms with Gasteiger partial charge in [-0.2, -0.15) is 21.6 Å². The van der Waals surface area contributed by atoms with E-state index in [2.05, 4.69) is 4.18 Å². The van der Waals surface area contributed by atoms with Crippen LogP contribution < -0.4 is 4.18 Å². The van der Waals surface area contributed by atoms with E-state index in [9.17, 15) is 26.4 Å². The van der Waals surface area contributed by atoms with Gasteiger partial charge in [-0.05, 0) is 24.1 Å². The standard InChI is InChI=1S/C15H19F3O6S/c1-11(14(20)3-2-9-23-10-8-19)12-4-6-13(7-5-12)24-25(21,22)15(16,17)18/h4-7,11,19H,2-3,8-10H2,1H3/t11-/m1/s1. The molecule has 0 aliphatic rings. The zero-order valence-corrected chi connectivity index (χ0v) is 14.3. The van der Waals surface area contributed by atoms with Crippen LogP contribution in [0.15, 0.2) is 24.3 Å². The molecule has 25 heavy (non-hydrogen) atoms. The van der Waals surface area contributed by atoms with Gasteiger partial charge in [-0.25, -0.2) is 0 Å². The highest BCUT2D eigenvalue weighted by molar-refractivity contribution is 7.88. The van der Waals surface area contributed by atoms with Gasteiger partial charge in [0.25, 0.3) is 0 Å². The van der Waals surface area contributed by atoms with Gasteiger partial charge >= 0.3 is 15.6 Å². The number of benzene rings is 1. The predicted molar refractivity (Wildman–Crippen MR) is 82.6 cm³/mol. The second kappa shape index (κ2) is 9.16. The lowest BCUT2D eigenvalue weighted by molar-refractivity contribution is -0.120. The van der Waals surface area contributed by atoms with Gasteiger partial charge in [-0.1, -0.05) is 19.1 Å². The van der Waals surface area contributed by atoms with E-state index in [1.54, 1.807) is 6.92 Å². The minimum absolute atomic E-state index is 0.0934. The number of halogens is 3. The molecule has 0 radical (unpaired) electrons. The predicted octanol–water partition coefficient (Wildman–Crippen LogP) is 2.38. The summed E-state index contributed by atoms with van der Waals surface area (Å²) in [5.74, 6) is -1.09. The molecule has 0 aromatic heterocycles. The summed E-state index contributed by atoms with van der Waals surface area (Å²) < 4.78 is 67.6. The number of alkyl halides is 3. The quantitative estimate of drug-likeness (QED) is 0.378. The summed E-state index contributed by atoms with van der Waals surface area (Å²) in [4.78, 5) is 12.0. The van der Waals surface area contributed by atoms with E-state index in [1.165, 1.54) is 12.1 Å². The van der Waals surface area contributed by atoms with Gasteiger partial charge in [0.05, 0.1) is 13.2 Å². The SMILES string of the molecule is C[C@@H](C(=O)CCCOCCO)c1ccc(OS(=O)(=O)C(F)(F)F)cc1. The third-order valence-electron chi connectivity index (χ3n) is 3.30. The molecule has 0 bridgehead atoms. The summed E-state index contributed by atoms with van der Waals surface area (Å²) in [7, 11) is -5.72. The molecule has 0 heterocycles. The fourth-order valence-corrected chi connectivity index (χ4v) is 2.36. The van der Waals surface area contributed by atoms with Crippen LogP contribution in [0.3, 0.4) is 0 Å². The molecule has 0 aliphatic carbocycles. The van der Waals surface area contributed by atoms with Crippen molar-refractivity contribution in [2.24, 2.45) is 0 Å². The summed E-state index contributed by atoms with van der Waals surface area (Å²) in [6.45, 7) is 2.08. The molecule has 0 saturated heterocycles. The molecule has 142 valence electrons. The van der Waals surface area contributed by atoms with E-state index in [0.717, 1.165) is 12.1 Å². The van der Waals surface area contributed by atoms with Gasteiger partial charge in [0, 0.05) is 18.9 Å². The van der Waals surface area contributed by atoms with Crippen LogP contribution in [0.2, 0.25) is 0 Å². The Morgan fingerprint density at radius 1 is 1.20 bits per heavy atom. The zero-order chi connectivity index (χ0) is 19.1. The number of aliphatic hydroxyl groups excluding tert-OH is 1. The highest BCUT2D eigenvalue weighted by atomic mass is 32.2. The Kier molecular flexibility index (Phi) is 7.84. The van der Waals surface area contributed by atoms with Crippen LogP contribution in [0.5, 0.6) is 5.75 Å². The average Bonchev–Trinajstić information content (AvgIpc) is 2.53. The summed E-state index contributed by atoms with van der Waals surface area (Å²) >= 11 is 0. The number of Topliss-reactive ketones (excluding diaryl/α,β-unsaturated/α-hetero) is 1. The van der Waals surface area contributed by atoms with Crippen molar-refractivity contribution in [1.29, 1.82) is 0 Å². The Morgan fingerprint density at radius 3 is 2.32 bits per heavy atom. The Balaban J connectivity index is 2.62. The van der Waals surface area contributed by atoms with Crippen LogP contribution in [0.1, 0.15) is 31.2 Å². The summed E-state index contributed by atoms with van der Waals surface area (Å²) in [6, 6.07) is 4.80. The van der Waals surface area contributed by atoms with E-state index < -0.39 is 27.3 Å². The first-order valence-corrected chi connectivity index (χ1v) is 8.81. The van der Waals surface area contributed by atoms with Crippen molar-refractivity contribution in [3.63, 3.8) is 0 Å². The van der Waals surface area contributed by atoms with Crippen molar-refractivity contribution < 1.29 is 40.4 Å². The number of carbonyl (C=O) groups excluding carboxylic acids is 1. The first kappa shape index (κ1) is 21.4. The van der Waals surface area contributed by atoms with Gasteiger partial charge in [0.2, 0.25) is 0 Å². The molecule has 6 nitrogen and oxygen atoms in total. The van der Waals surface area contributed by atoms with E-state index in [1.807, 2.05) is 0 Å². The van der Waals surface area contributed by atoms with Crippen molar-refractivity contribution in [3.05, 3.63) is 29.8 Å². The van der Waals surface area contributed by atoms with Crippen LogP contribution in [-0.4, -0.2) is 44.6 Å². The smallest absolute Gasteiger partial charge is 0.394 e. The molecule has 0 amide bonds. The van der Waals surface area contributed by atoms with Gasteiger partial charge in [0.15, 0.2) is 0 Å². The largest absolute Gasteiger partial charge is 0.534 e. The summed E-state index contributed by atoms with van der Waals surface area (Å²) in [5, 5.41) is 8.55. The summed E-state index contributed by atoms with van der Waals surface area (Å²) in [5.41, 5.74) is -4.98. The minimum Gasteiger partial charge on any atom is -0.394 e. The molecule has 0 saturated carbocycles. The molecule has 0 aliphatic heterocycles. The van der Waals surface area contributed by atoms with Crippen molar-refractivity contribution in [2.45, 2.75) is 31.2 Å². The van der Waals surface area contributed by atoms with E-state index in [4.69, 9.17) is 9.84 Å². The Morgan fingerprint density at radius 2 is 1.80 bits per heavy atom. The number of hydrogen-bond donors (Lipinski definition) is 1. The lowest BCUT2D eigenvalue weighted by Crippen LogP contribution is -2.28. The highest BCUT2D eigenvalue weighted by Crippen LogP contribution is 2.28. The number of aliphatic hydroxyl groups is 1. The number of carbonyl (C=O) groups is 1. The number of rotatable bonds is 10. The van der Waals surface area contributed by atoms with Gasteiger partial charge in [-0.15, -0.1) is 0 Å². The second-order valence-corrected chi connectivity index (χ2v) is 6.72. The number of ether oxygens (including phenoxy) is 1. The molecule has 1 aromatic rings. The van der Waals surface area contributed by atoms with Crippen LogP contribution in [-0.2, 0) is 19.6 Å². The number of ketones is 1. The van der Waals surface area contributed by atoms with E-state index >= 15 is 0 Å². The molecular weight excluding hydrogens is 365 g/mol. The van der Waals surface area contributed by atoms with Crippen LogP contribution in [0.25, 0.3) is 0 Å². The molecule has 1 rings (SSSR count). The molecule has 0 fully saturated rings. The van der Waals surface area contributed by atoms with Gasteiger partial charge < -0.3 is 14.0 Å². The lowest BCUT2D eigenvalue weighted by Gasteiger charge is -2.13. The first-order valence-electron chi connectivity index (χ1n) is 7.40. The third kappa shape index (κ3) is 6.63. The lowest BCUT2D eigenvalue weighted by atomic mass is 9.94. The van der Waals surface area contributed by atoms with Crippen LogP contribution in [0, 0.1) is 0 Å². The Labute approximate surface area is 143 Å². The van der Waals surface area contributed by atoms with E-state index in [-0.39, 0.29) is 25.4 Å². The van der Waals surface area contributed by atoms with Crippen molar-refractivity contribution in [2.75, 3.05) is 19.8 Å². The second-order valence-electron chi connectivity index (χ2n) is 5.18. The maximum Gasteiger partial charge on any atom is 0.534 e. The number of hydrogen-bond acceptors (Lipinski definition) is 6. The van der Waals surface area contributed by atoms with Crippen molar-refractivity contribution in [1.82, 2.24) is 0 Å². The van der Waals surface area contributed by atoms with E-state index in [0.29, 0.717) is 18.6 Å². The maximum atomic E-state index is 12.2. The molecule has 1 atom stereocenters. The van der Waals surface area contributed by atoms with Gasteiger partial charge in [-0.3, -0.25) is 4.79 Å². The monoisotopic (exact) mass is 384 g/mol. The van der Waals surface area contributed by atoms with Crippen LogP contribution in [0.4, 0.5) is 13.2 Å². The molecular formula is C15H19F3O6S. The van der Waals surface area contributed by atoms with Crippen molar-refractivity contribution in [3.8, 4) is 5.75 Å². The molecule has 0 unspecified atom stereocenters. The highest BCUT2D eigenvalue weighted by Gasteiger charge is 2.48. The molecule has 0 spiro atoms. The first-order chi connectivity index (χ1) is 11.6. The average molecular weight is 384 g/mol. The fraction of sp³-hybridized carbons (Fsp3) is 0.533. The Bertz CT molecular complexity index is 655. The minimum atomic E-state index is -5.72. The topological polar surface area (TPSA) is 89.9 Å². The molecule has 10 heteroatoms. The molecule has 1 N–H and O–H groups in total. The van der Waals surface area contributed by atoms with Crippen molar-refractivity contribution >= 4 is 15.9 Å². The fourth-order valence-electron chi connectivity index (χ4n) is 1.90. The summed E-state index contributed by atoms with van der Waals surface area (Å²) in [6.07, 6.45) is 0.724. The van der Waals surface area contributed by atoms with Crippen LogP contribution >= 0.6 is 0 Å². The zero-order valence-electron chi connectivity index (χ0n) is 13.5. The molecule has 1 aromatic carbocycles. The van der Waals surface area contributed by atoms with Gasteiger partial charge in [0.1, 0.15) is 11.5 Å². The maximum absolute atomic E-state index is 12.2.